The van der Waals surface area contributed by atoms with Crippen molar-refractivity contribution >= 4 is 23.2 Å². The van der Waals surface area contributed by atoms with Crippen molar-refractivity contribution in [1.29, 1.82) is 0 Å². The molecule has 2 heterocycles. The maximum absolute atomic E-state index is 13.1. The normalized spacial score (nSPS) is 11.7. The number of furan rings is 1. The molecule has 30 heavy (non-hydrogen) atoms. The number of nitrogens with zero attached hydrogens (tertiary/aromatic N) is 1. The number of para-hydroxylation sites is 1. The summed E-state index contributed by atoms with van der Waals surface area (Å²) >= 11 is 1.25. The number of thiazole rings is 1. The second kappa shape index (κ2) is 9.58. The number of rotatable bonds is 8. The van der Waals surface area contributed by atoms with Gasteiger partial charge >= 0.3 is 5.97 Å². The van der Waals surface area contributed by atoms with Gasteiger partial charge in [0.2, 0.25) is 0 Å². The Balaban J connectivity index is 1.87. The molecule has 158 valence electrons. The van der Waals surface area contributed by atoms with Gasteiger partial charge in [-0.25, -0.2) is 4.98 Å². The Morgan fingerprint density at radius 2 is 1.97 bits per heavy atom. The fraction of sp³-hybridized carbons (Fsp3) is 0.318. The number of aromatic nitrogens is 1. The lowest BCUT2D eigenvalue weighted by molar-refractivity contribution is -0.143. The van der Waals surface area contributed by atoms with Crippen LogP contribution in [-0.2, 0) is 9.53 Å². The fourth-order valence-electron chi connectivity index (χ4n) is 3.07. The highest BCUT2D eigenvalue weighted by molar-refractivity contribution is 7.17. The van der Waals surface area contributed by atoms with Crippen molar-refractivity contribution in [2.24, 2.45) is 0 Å². The summed E-state index contributed by atoms with van der Waals surface area (Å²) in [6, 6.07) is 10.3. The molecular weight excluding hydrogens is 404 g/mol. The third-order valence-electron chi connectivity index (χ3n) is 4.45. The van der Waals surface area contributed by atoms with Crippen LogP contribution in [0.3, 0.4) is 0 Å². The zero-order valence-electron chi connectivity index (χ0n) is 17.4. The zero-order chi connectivity index (χ0) is 21.7. The standard InChI is InChI=1S/C22H24N2O5S/c1-5-28-19(25)12-16(15-8-6-7-9-17(15)27-4)24-21(26)20-14(3)23-22(30-20)18-11-10-13(2)29-18/h6-11,16H,5,12H2,1-4H3,(H,24,26). The number of esters is 1. The van der Waals surface area contributed by atoms with E-state index in [-0.39, 0.29) is 18.9 Å². The fourth-order valence-corrected chi connectivity index (χ4v) is 4.00. The molecule has 1 N–H and O–H groups in total. The summed E-state index contributed by atoms with van der Waals surface area (Å²) < 4.78 is 16.1. The van der Waals surface area contributed by atoms with Crippen LogP contribution < -0.4 is 10.1 Å². The zero-order valence-corrected chi connectivity index (χ0v) is 18.2. The highest BCUT2D eigenvalue weighted by Crippen LogP contribution is 2.31. The van der Waals surface area contributed by atoms with Gasteiger partial charge in [0.1, 0.15) is 16.4 Å². The van der Waals surface area contributed by atoms with E-state index >= 15 is 0 Å². The lowest BCUT2D eigenvalue weighted by Gasteiger charge is -2.20. The summed E-state index contributed by atoms with van der Waals surface area (Å²) in [7, 11) is 1.55. The average Bonchev–Trinajstić information content (AvgIpc) is 3.33. The van der Waals surface area contributed by atoms with E-state index in [9.17, 15) is 9.59 Å². The number of hydrogen-bond acceptors (Lipinski definition) is 7. The summed E-state index contributed by atoms with van der Waals surface area (Å²) in [6.45, 7) is 5.64. The molecular formula is C22H24N2O5S. The minimum Gasteiger partial charge on any atom is -0.496 e. The first kappa shape index (κ1) is 21.6. The minimum absolute atomic E-state index is 0.0119. The van der Waals surface area contributed by atoms with E-state index in [2.05, 4.69) is 10.3 Å². The molecule has 0 saturated heterocycles. The van der Waals surface area contributed by atoms with Gasteiger partial charge in [0, 0.05) is 5.56 Å². The summed E-state index contributed by atoms with van der Waals surface area (Å²) in [5.74, 6) is 1.25. The molecule has 7 nitrogen and oxygen atoms in total. The van der Waals surface area contributed by atoms with Gasteiger partial charge in [0.05, 0.1) is 31.9 Å². The van der Waals surface area contributed by atoms with Gasteiger partial charge < -0.3 is 19.2 Å². The highest BCUT2D eigenvalue weighted by atomic mass is 32.1. The van der Waals surface area contributed by atoms with Crippen LogP contribution in [-0.4, -0.2) is 30.6 Å². The van der Waals surface area contributed by atoms with E-state index in [0.29, 0.717) is 32.7 Å². The SMILES string of the molecule is CCOC(=O)CC(NC(=O)c1sc(-c2ccc(C)o2)nc1C)c1ccccc1OC. The molecule has 1 unspecified atom stereocenters. The Morgan fingerprint density at radius 3 is 2.63 bits per heavy atom. The number of amides is 1. The van der Waals surface area contributed by atoms with Gasteiger partial charge in [-0.05, 0) is 39.0 Å². The summed E-state index contributed by atoms with van der Waals surface area (Å²) in [6.07, 6.45) is -0.0119. The van der Waals surface area contributed by atoms with Crippen LogP contribution in [0.4, 0.5) is 0 Å². The van der Waals surface area contributed by atoms with Crippen molar-refractivity contribution in [3.8, 4) is 16.5 Å². The first-order chi connectivity index (χ1) is 14.4. The van der Waals surface area contributed by atoms with Crippen molar-refractivity contribution in [3.05, 3.63) is 58.3 Å². The van der Waals surface area contributed by atoms with E-state index in [0.717, 1.165) is 5.76 Å². The second-order valence-electron chi connectivity index (χ2n) is 6.62. The molecule has 0 spiro atoms. The molecule has 0 fully saturated rings. The maximum atomic E-state index is 13.1. The molecule has 0 radical (unpaired) electrons. The molecule has 3 rings (SSSR count). The third-order valence-corrected chi connectivity index (χ3v) is 5.62. The quantitative estimate of drug-likeness (QED) is 0.533. The molecule has 1 atom stereocenters. The number of nitrogens with one attached hydrogen (secondary N) is 1. The summed E-state index contributed by atoms with van der Waals surface area (Å²) in [4.78, 5) is 30.2. The molecule has 1 aromatic carbocycles. The number of hydrogen-bond donors (Lipinski definition) is 1. The van der Waals surface area contributed by atoms with Crippen molar-refractivity contribution in [2.75, 3.05) is 13.7 Å². The first-order valence-corrected chi connectivity index (χ1v) is 10.4. The van der Waals surface area contributed by atoms with Gasteiger partial charge in [0.25, 0.3) is 5.91 Å². The largest absolute Gasteiger partial charge is 0.496 e. The highest BCUT2D eigenvalue weighted by Gasteiger charge is 2.25. The topological polar surface area (TPSA) is 90.7 Å². The third kappa shape index (κ3) is 4.88. The molecule has 2 aromatic heterocycles. The molecule has 0 aliphatic rings. The first-order valence-electron chi connectivity index (χ1n) is 9.56. The lowest BCUT2D eigenvalue weighted by Crippen LogP contribution is -2.31. The molecule has 1 amide bonds. The van der Waals surface area contributed by atoms with Crippen LogP contribution in [0, 0.1) is 13.8 Å². The van der Waals surface area contributed by atoms with Gasteiger partial charge in [0.15, 0.2) is 10.8 Å². The number of benzene rings is 1. The van der Waals surface area contributed by atoms with Crippen LogP contribution in [0.2, 0.25) is 0 Å². The lowest BCUT2D eigenvalue weighted by atomic mass is 10.0. The maximum Gasteiger partial charge on any atom is 0.308 e. The summed E-state index contributed by atoms with van der Waals surface area (Å²) in [5.41, 5.74) is 1.29. The van der Waals surface area contributed by atoms with E-state index < -0.39 is 12.0 Å². The predicted octanol–water partition coefficient (Wildman–Crippen LogP) is 4.45. The van der Waals surface area contributed by atoms with Crippen LogP contribution >= 0.6 is 11.3 Å². The molecule has 3 aromatic rings. The smallest absolute Gasteiger partial charge is 0.308 e. The average molecular weight is 429 g/mol. The van der Waals surface area contributed by atoms with Gasteiger partial charge in [-0.3, -0.25) is 9.59 Å². The van der Waals surface area contributed by atoms with Crippen LogP contribution in [0.25, 0.3) is 10.8 Å². The Hall–Kier alpha value is -3.13. The van der Waals surface area contributed by atoms with E-state index in [1.807, 2.05) is 37.3 Å². The van der Waals surface area contributed by atoms with Crippen LogP contribution in [0.15, 0.2) is 40.8 Å². The van der Waals surface area contributed by atoms with Crippen LogP contribution in [0.1, 0.15) is 46.1 Å². The molecule has 0 saturated carbocycles. The minimum atomic E-state index is -0.608. The number of ether oxygens (including phenoxy) is 2. The van der Waals surface area contributed by atoms with E-state index in [1.165, 1.54) is 11.3 Å². The molecule has 8 heteroatoms. The van der Waals surface area contributed by atoms with Crippen molar-refractivity contribution in [3.63, 3.8) is 0 Å². The molecule has 0 aliphatic heterocycles. The van der Waals surface area contributed by atoms with E-state index in [4.69, 9.17) is 13.9 Å². The van der Waals surface area contributed by atoms with Crippen molar-refractivity contribution in [2.45, 2.75) is 33.2 Å². The molecule has 0 bridgehead atoms. The number of methoxy groups -OCH3 is 1. The Bertz CT molecular complexity index is 1040. The van der Waals surface area contributed by atoms with E-state index in [1.54, 1.807) is 27.0 Å². The Kier molecular flexibility index (Phi) is 6.89. The monoisotopic (exact) mass is 428 g/mol. The Labute approximate surface area is 179 Å². The summed E-state index contributed by atoms with van der Waals surface area (Å²) in [5, 5.41) is 3.57. The second-order valence-corrected chi connectivity index (χ2v) is 7.62. The number of aryl methyl sites for hydroxylation is 2. The van der Waals surface area contributed by atoms with Gasteiger partial charge in [-0.2, -0.15) is 0 Å². The molecule has 0 aliphatic carbocycles. The Morgan fingerprint density at radius 1 is 1.20 bits per heavy atom. The van der Waals surface area contributed by atoms with Gasteiger partial charge in [-0.15, -0.1) is 11.3 Å². The predicted molar refractivity (Wildman–Crippen MR) is 114 cm³/mol. The number of carbonyl (C=O) groups excluding carboxylic acids is 2. The number of carbonyl (C=O) groups is 2. The van der Waals surface area contributed by atoms with Crippen molar-refractivity contribution < 1.29 is 23.5 Å². The van der Waals surface area contributed by atoms with Gasteiger partial charge in [-0.1, -0.05) is 18.2 Å². The van der Waals surface area contributed by atoms with Crippen molar-refractivity contribution in [1.82, 2.24) is 10.3 Å². The van der Waals surface area contributed by atoms with Crippen LogP contribution in [0.5, 0.6) is 5.75 Å².